The van der Waals surface area contributed by atoms with Crippen LogP contribution in [0, 0.1) is 11.8 Å². The Balaban J connectivity index is 1.68. The molecule has 4 atom stereocenters. The van der Waals surface area contributed by atoms with Crippen molar-refractivity contribution < 1.29 is 19.5 Å². The number of hydrogen-bond acceptors (Lipinski definition) is 5. The van der Waals surface area contributed by atoms with E-state index in [-0.39, 0.29) is 30.4 Å². The molecule has 0 aliphatic carbocycles. The number of thiocarbonyl (C=S) groups is 1. The van der Waals surface area contributed by atoms with Gasteiger partial charge in [0.2, 0.25) is 11.8 Å². The molecule has 2 aliphatic rings. The van der Waals surface area contributed by atoms with Gasteiger partial charge in [-0.05, 0) is 44.4 Å². The third-order valence-corrected chi connectivity index (χ3v) is 6.53. The normalized spacial score (nSPS) is 24.5. The lowest BCUT2D eigenvalue weighted by Gasteiger charge is -2.27. The molecule has 0 saturated carbocycles. The van der Waals surface area contributed by atoms with Crippen molar-refractivity contribution in [1.82, 2.24) is 15.7 Å². The van der Waals surface area contributed by atoms with Crippen molar-refractivity contribution in [2.24, 2.45) is 11.8 Å². The number of unbranched alkanes of at least 4 members (excludes halogenated alkanes) is 3. The van der Waals surface area contributed by atoms with Gasteiger partial charge >= 0.3 is 0 Å². The van der Waals surface area contributed by atoms with Crippen LogP contribution < -0.4 is 10.6 Å². The summed E-state index contributed by atoms with van der Waals surface area (Å²) in [6.45, 7) is 3.63. The summed E-state index contributed by atoms with van der Waals surface area (Å²) in [5, 5.41) is 15.9. The first-order valence-electron chi connectivity index (χ1n) is 11.7. The summed E-state index contributed by atoms with van der Waals surface area (Å²) in [6.07, 6.45) is 13.4. The monoisotopic (exact) mass is 453 g/mol. The van der Waals surface area contributed by atoms with Crippen LogP contribution in [0.1, 0.15) is 71.1 Å². The summed E-state index contributed by atoms with van der Waals surface area (Å²) in [4.78, 5) is 24.3. The van der Waals surface area contributed by atoms with E-state index in [4.69, 9.17) is 22.2 Å². The van der Waals surface area contributed by atoms with Gasteiger partial charge in [-0.3, -0.25) is 14.8 Å². The zero-order valence-electron chi connectivity index (χ0n) is 19.0. The number of carbonyl (C=O) groups excluding carboxylic acids is 2. The lowest BCUT2D eigenvalue weighted by Crippen LogP contribution is -2.39. The predicted molar refractivity (Wildman–Crippen MR) is 125 cm³/mol. The smallest absolute Gasteiger partial charge is 0.245 e. The van der Waals surface area contributed by atoms with E-state index in [2.05, 4.69) is 29.7 Å². The van der Waals surface area contributed by atoms with Crippen molar-refractivity contribution in [1.29, 1.82) is 0 Å². The van der Waals surface area contributed by atoms with Gasteiger partial charge in [-0.1, -0.05) is 44.1 Å². The van der Waals surface area contributed by atoms with Crippen molar-refractivity contribution in [3.63, 3.8) is 0 Å². The maximum Gasteiger partial charge on any atom is 0.245 e. The molecule has 8 heteroatoms. The Morgan fingerprint density at radius 2 is 1.87 bits per heavy atom. The maximum absolute atomic E-state index is 12.3. The molecule has 2 amide bonds. The van der Waals surface area contributed by atoms with Crippen LogP contribution in [0.15, 0.2) is 12.2 Å². The molecule has 0 spiro atoms. The van der Waals surface area contributed by atoms with E-state index in [1.165, 1.54) is 13.5 Å². The highest BCUT2D eigenvalue weighted by molar-refractivity contribution is 7.80. The van der Waals surface area contributed by atoms with Gasteiger partial charge in [-0.25, -0.2) is 5.06 Å². The Kier molecular flexibility index (Phi) is 11.5. The van der Waals surface area contributed by atoms with Gasteiger partial charge in [0.25, 0.3) is 0 Å². The van der Waals surface area contributed by atoms with Gasteiger partial charge < -0.3 is 15.4 Å². The van der Waals surface area contributed by atoms with Crippen LogP contribution in [-0.2, 0) is 14.3 Å². The quantitative estimate of drug-likeness (QED) is 0.123. The highest BCUT2D eigenvalue weighted by Gasteiger charge is 2.47. The van der Waals surface area contributed by atoms with Gasteiger partial charge in [-0.2, -0.15) is 0 Å². The first kappa shape index (κ1) is 25.7. The molecule has 0 unspecified atom stereocenters. The van der Waals surface area contributed by atoms with E-state index in [1.807, 2.05) is 0 Å². The van der Waals surface area contributed by atoms with Gasteiger partial charge in [0.05, 0.1) is 23.6 Å². The lowest BCUT2D eigenvalue weighted by molar-refractivity contribution is -0.159. The average Bonchev–Trinajstić information content (AvgIpc) is 3.33. The predicted octanol–water partition coefficient (Wildman–Crippen LogP) is 3.36. The van der Waals surface area contributed by atoms with E-state index in [1.54, 1.807) is 0 Å². The molecular weight excluding hydrogens is 414 g/mol. The SMILES string of the molecule is CCCCCNC(=S)CC(=O)NC[C@H]1[C@@H](C/C=C\CCCC(=O)N(C)O)[C@H]2CC[C@@H]1O2. The average molecular weight is 454 g/mol. The first-order chi connectivity index (χ1) is 14.9. The second kappa shape index (κ2) is 13.8. The van der Waals surface area contributed by atoms with Crippen LogP contribution in [0.5, 0.6) is 0 Å². The Bertz CT molecular complexity index is 626. The molecule has 2 fully saturated rings. The van der Waals surface area contributed by atoms with Crippen LogP contribution in [0.3, 0.4) is 0 Å². The molecule has 31 heavy (non-hydrogen) atoms. The third kappa shape index (κ3) is 8.86. The number of rotatable bonds is 14. The third-order valence-electron chi connectivity index (χ3n) is 6.25. The van der Waals surface area contributed by atoms with Gasteiger partial charge in [-0.15, -0.1) is 0 Å². The van der Waals surface area contributed by atoms with Crippen molar-refractivity contribution in [3.05, 3.63) is 12.2 Å². The fraction of sp³-hybridized carbons (Fsp3) is 0.783. The van der Waals surface area contributed by atoms with E-state index >= 15 is 0 Å². The molecule has 0 aromatic carbocycles. The summed E-state index contributed by atoms with van der Waals surface area (Å²) >= 11 is 5.28. The van der Waals surface area contributed by atoms with Crippen LogP contribution in [0.2, 0.25) is 0 Å². The Hall–Kier alpha value is -1.51. The lowest BCUT2D eigenvalue weighted by atomic mass is 9.77. The highest BCUT2D eigenvalue weighted by Crippen LogP contribution is 2.44. The standard InChI is InChI=1S/C23H39N3O4S/c1-3-4-9-14-24-22(31)15-21(27)25-16-18-17(19-12-13-20(18)30-19)10-7-5-6-8-11-23(28)26(2)29/h5,7,17-20,29H,3-4,6,8-16H2,1-2H3,(H,24,31)(H,25,27)/b7-5-/t17-,18+,19-,20+/m1/s1. The number of ether oxygens (including phenoxy) is 1. The van der Waals surface area contributed by atoms with Crippen LogP contribution in [0.25, 0.3) is 0 Å². The number of fused-ring (bicyclic) bond motifs is 2. The number of allylic oxidation sites excluding steroid dienone is 2. The van der Waals surface area contributed by atoms with E-state index < -0.39 is 0 Å². The molecule has 0 aromatic rings. The number of nitrogens with zero attached hydrogens (tertiary/aromatic N) is 1. The van der Waals surface area contributed by atoms with E-state index in [0.717, 1.165) is 51.5 Å². The number of carbonyl (C=O) groups is 2. The summed E-state index contributed by atoms with van der Waals surface area (Å²) in [7, 11) is 1.35. The number of hydroxylamine groups is 2. The second-order valence-electron chi connectivity index (χ2n) is 8.67. The van der Waals surface area contributed by atoms with E-state index in [9.17, 15) is 9.59 Å². The molecule has 7 nitrogen and oxygen atoms in total. The maximum atomic E-state index is 12.3. The zero-order chi connectivity index (χ0) is 22.6. The van der Waals surface area contributed by atoms with Crippen molar-refractivity contribution in [2.45, 2.75) is 83.3 Å². The number of hydrogen-bond donors (Lipinski definition) is 3. The first-order valence-corrected chi connectivity index (χ1v) is 12.1. The molecular formula is C23H39N3O4S. The Morgan fingerprint density at radius 3 is 2.58 bits per heavy atom. The van der Waals surface area contributed by atoms with Crippen molar-refractivity contribution >= 4 is 29.0 Å². The fourth-order valence-corrected chi connectivity index (χ4v) is 4.72. The minimum Gasteiger partial charge on any atom is -0.379 e. The molecule has 0 radical (unpaired) electrons. The van der Waals surface area contributed by atoms with Crippen LogP contribution in [-0.4, -0.2) is 59.4 Å². The molecule has 2 bridgehead atoms. The number of nitrogens with one attached hydrogen (secondary N) is 2. The fourth-order valence-electron chi connectivity index (χ4n) is 4.49. The minimum atomic E-state index is -0.263. The van der Waals surface area contributed by atoms with Gasteiger partial charge in [0.1, 0.15) is 0 Å². The van der Waals surface area contributed by atoms with Gasteiger partial charge in [0, 0.05) is 32.5 Å². The summed E-state index contributed by atoms with van der Waals surface area (Å²) in [5.41, 5.74) is 0. The zero-order valence-corrected chi connectivity index (χ0v) is 19.8. The summed E-state index contributed by atoms with van der Waals surface area (Å²) in [6, 6.07) is 0. The summed E-state index contributed by atoms with van der Waals surface area (Å²) in [5.74, 6) is 0.465. The molecule has 0 aromatic heterocycles. The van der Waals surface area contributed by atoms with Gasteiger partial charge in [0.15, 0.2) is 0 Å². The summed E-state index contributed by atoms with van der Waals surface area (Å²) < 4.78 is 6.12. The second-order valence-corrected chi connectivity index (χ2v) is 9.17. The number of amides is 2. The Morgan fingerprint density at radius 1 is 1.13 bits per heavy atom. The molecule has 2 heterocycles. The Labute approximate surface area is 191 Å². The molecule has 2 saturated heterocycles. The highest BCUT2D eigenvalue weighted by atomic mass is 32.1. The molecule has 3 N–H and O–H groups in total. The van der Waals surface area contributed by atoms with Crippen molar-refractivity contribution in [3.8, 4) is 0 Å². The molecule has 2 rings (SSSR count). The van der Waals surface area contributed by atoms with Crippen molar-refractivity contribution in [2.75, 3.05) is 20.1 Å². The van der Waals surface area contributed by atoms with E-state index in [0.29, 0.717) is 34.9 Å². The van der Waals surface area contributed by atoms with Crippen LogP contribution in [0.4, 0.5) is 0 Å². The molecule has 176 valence electrons. The largest absolute Gasteiger partial charge is 0.379 e. The van der Waals surface area contributed by atoms with Crippen LogP contribution >= 0.6 is 12.2 Å². The minimum absolute atomic E-state index is 0.0245. The molecule has 2 aliphatic heterocycles. The topological polar surface area (TPSA) is 90.9 Å².